The SMILES string of the molecule is C1=CCCC(c2cnn3c(-c4ccccc4)c(C4C=CC(c5ccc(C6N=C(C7=CCCC=C7)C=C(c7ccccc7)N6)cc5)=CC4)c4ccccc4c23)=C1. The molecular formula is C51H42N4. The van der Waals surface area contributed by atoms with Gasteiger partial charge in [-0.2, -0.15) is 5.10 Å². The second-order valence-corrected chi connectivity index (χ2v) is 14.8. The van der Waals surface area contributed by atoms with Crippen LogP contribution in [-0.2, 0) is 0 Å². The number of hydrogen-bond acceptors (Lipinski definition) is 3. The van der Waals surface area contributed by atoms with E-state index in [9.17, 15) is 0 Å². The van der Waals surface area contributed by atoms with Crippen LogP contribution in [-0.4, -0.2) is 15.3 Å². The van der Waals surface area contributed by atoms with Crippen LogP contribution in [0.1, 0.15) is 72.0 Å². The third kappa shape index (κ3) is 6.24. The monoisotopic (exact) mass is 710 g/mol. The summed E-state index contributed by atoms with van der Waals surface area (Å²) in [6.45, 7) is 0. The molecule has 10 rings (SSSR count). The molecule has 1 N–H and O–H groups in total. The lowest BCUT2D eigenvalue weighted by atomic mass is 9.83. The molecule has 3 heterocycles. The fourth-order valence-corrected chi connectivity index (χ4v) is 8.60. The van der Waals surface area contributed by atoms with E-state index in [4.69, 9.17) is 10.1 Å². The molecule has 4 heteroatoms. The van der Waals surface area contributed by atoms with Crippen molar-refractivity contribution in [3.05, 3.63) is 210 Å². The summed E-state index contributed by atoms with van der Waals surface area (Å²) in [5, 5.41) is 11.4. The first-order chi connectivity index (χ1) is 27.3. The minimum atomic E-state index is -0.172. The fraction of sp³-hybridized carbons (Fsp3) is 0.137. The maximum Gasteiger partial charge on any atom is 0.145 e. The van der Waals surface area contributed by atoms with Crippen molar-refractivity contribution in [2.75, 3.05) is 0 Å². The van der Waals surface area contributed by atoms with Gasteiger partial charge in [-0.05, 0) is 82.5 Å². The van der Waals surface area contributed by atoms with Crippen molar-refractivity contribution >= 4 is 38.8 Å². The fourth-order valence-electron chi connectivity index (χ4n) is 8.60. The lowest BCUT2D eigenvalue weighted by molar-refractivity contribution is 0.664. The number of aromatic nitrogens is 2. The van der Waals surface area contributed by atoms with Crippen LogP contribution in [0.25, 0.3) is 44.4 Å². The van der Waals surface area contributed by atoms with Crippen molar-refractivity contribution in [1.82, 2.24) is 14.9 Å². The third-order valence-corrected chi connectivity index (χ3v) is 11.4. The lowest BCUT2D eigenvalue weighted by Crippen LogP contribution is -2.25. The predicted molar refractivity (Wildman–Crippen MR) is 230 cm³/mol. The van der Waals surface area contributed by atoms with Gasteiger partial charge in [0.1, 0.15) is 6.17 Å². The Morgan fingerprint density at radius 3 is 2.18 bits per heavy atom. The molecule has 6 aromatic rings. The van der Waals surface area contributed by atoms with Gasteiger partial charge in [0.05, 0.1) is 23.1 Å². The first kappa shape index (κ1) is 33.1. The van der Waals surface area contributed by atoms with E-state index in [0.29, 0.717) is 0 Å². The molecule has 0 amide bonds. The highest BCUT2D eigenvalue weighted by Gasteiger charge is 2.26. The lowest BCUT2D eigenvalue weighted by Gasteiger charge is -2.26. The van der Waals surface area contributed by atoms with Gasteiger partial charge in [-0.1, -0.05) is 164 Å². The van der Waals surface area contributed by atoms with E-state index in [2.05, 4.69) is 186 Å². The Morgan fingerprint density at radius 1 is 0.673 bits per heavy atom. The molecule has 3 aliphatic carbocycles. The average Bonchev–Trinajstić information content (AvgIpc) is 3.73. The standard InChI is InChI=1S/C51H42N4/c1-5-15-37(16-6-1)45-34-52-55-49(41-21-11-4-12-22-41)48(43-23-13-14-24-44(43)50(45)55)40-29-25-35(26-30-40)36-27-31-42(32-28-36)51-53-46(38-17-7-2-8-18-38)33-47(54-51)39-19-9-3-10-20-39/h1-2,4-5,7-9,11-15,17-29,31-34,40,51,53H,3,6,10,16,30H2. The first-order valence-electron chi connectivity index (χ1n) is 19.6. The van der Waals surface area contributed by atoms with E-state index in [1.165, 1.54) is 66.5 Å². The summed E-state index contributed by atoms with van der Waals surface area (Å²) in [5.74, 6) is 0.197. The summed E-state index contributed by atoms with van der Waals surface area (Å²) >= 11 is 0. The van der Waals surface area contributed by atoms with Crippen LogP contribution in [0.15, 0.2) is 187 Å². The minimum absolute atomic E-state index is 0.172. The molecule has 0 bridgehead atoms. The molecule has 4 aromatic carbocycles. The Kier molecular flexibility index (Phi) is 8.64. The number of allylic oxidation sites excluding steroid dienone is 13. The molecule has 0 saturated carbocycles. The van der Waals surface area contributed by atoms with Crippen LogP contribution < -0.4 is 5.32 Å². The number of pyridine rings is 1. The van der Waals surface area contributed by atoms with E-state index >= 15 is 0 Å². The Hall–Kier alpha value is -6.52. The Bertz CT molecular complexity index is 2680. The summed E-state index contributed by atoms with van der Waals surface area (Å²) in [6, 6.07) is 39.3. The van der Waals surface area contributed by atoms with Crippen molar-refractivity contribution in [2.24, 2.45) is 4.99 Å². The van der Waals surface area contributed by atoms with Crippen molar-refractivity contribution in [3.8, 4) is 11.3 Å². The quantitative estimate of drug-likeness (QED) is 0.179. The highest BCUT2D eigenvalue weighted by atomic mass is 15.2. The summed E-state index contributed by atoms with van der Waals surface area (Å²) < 4.78 is 2.22. The zero-order valence-corrected chi connectivity index (χ0v) is 30.8. The molecular weight excluding hydrogens is 669 g/mol. The maximum absolute atomic E-state index is 5.21. The van der Waals surface area contributed by atoms with Crippen molar-refractivity contribution in [1.29, 1.82) is 0 Å². The number of rotatable bonds is 7. The van der Waals surface area contributed by atoms with Crippen molar-refractivity contribution in [2.45, 2.75) is 44.2 Å². The summed E-state index contributed by atoms with van der Waals surface area (Å²) in [4.78, 5) is 5.21. The molecule has 0 radical (unpaired) electrons. The highest BCUT2D eigenvalue weighted by molar-refractivity contribution is 6.14. The largest absolute Gasteiger partial charge is 0.360 e. The molecule has 1 aliphatic heterocycles. The van der Waals surface area contributed by atoms with Crippen LogP contribution in [0.2, 0.25) is 0 Å². The molecule has 4 nitrogen and oxygen atoms in total. The molecule has 55 heavy (non-hydrogen) atoms. The summed E-state index contributed by atoms with van der Waals surface area (Å²) in [6.07, 6.45) is 29.8. The van der Waals surface area contributed by atoms with Gasteiger partial charge in [0, 0.05) is 28.1 Å². The molecule has 0 fully saturated rings. The van der Waals surface area contributed by atoms with Gasteiger partial charge in [-0.3, -0.25) is 4.99 Å². The maximum atomic E-state index is 5.21. The van der Waals surface area contributed by atoms with E-state index in [-0.39, 0.29) is 12.1 Å². The molecule has 4 aliphatic rings. The van der Waals surface area contributed by atoms with Crippen LogP contribution in [0.4, 0.5) is 0 Å². The Morgan fingerprint density at radius 2 is 1.45 bits per heavy atom. The Labute approximate surface area is 322 Å². The van der Waals surface area contributed by atoms with E-state index in [1.54, 1.807) is 0 Å². The Balaban J connectivity index is 0.982. The summed E-state index contributed by atoms with van der Waals surface area (Å²) in [7, 11) is 0. The van der Waals surface area contributed by atoms with E-state index in [0.717, 1.165) is 49.1 Å². The zero-order chi connectivity index (χ0) is 36.6. The zero-order valence-electron chi connectivity index (χ0n) is 30.8. The smallest absolute Gasteiger partial charge is 0.145 e. The average molecular weight is 711 g/mol. The predicted octanol–water partition coefficient (Wildman–Crippen LogP) is 12.4. The topological polar surface area (TPSA) is 41.7 Å². The van der Waals surface area contributed by atoms with E-state index in [1.807, 2.05) is 0 Å². The van der Waals surface area contributed by atoms with Crippen molar-refractivity contribution < 1.29 is 0 Å². The normalized spacial score (nSPS) is 19.4. The minimum Gasteiger partial charge on any atom is -0.360 e. The summed E-state index contributed by atoms with van der Waals surface area (Å²) in [5.41, 5.74) is 15.5. The molecule has 0 spiro atoms. The molecule has 2 atom stereocenters. The second-order valence-electron chi connectivity index (χ2n) is 14.8. The number of fused-ring (bicyclic) bond motifs is 3. The van der Waals surface area contributed by atoms with Crippen LogP contribution in [0.5, 0.6) is 0 Å². The van der Waals surface area contributed by atoms with Crippen LogP contribution in [0, 0.1) is 0 Å². The number of hydrogen-bond donors (Lipinski definition) is 1. The highest BCUT2D eigenvalue weighted by Crippen LogP contribution is 2.44. The van der Waals surface area contributed by atoms with Crippen molar-refractivity contribution in [3.63, 3.8) is 0 Å². The van der Waals surface area contributed by atoms with Gasteiger partial charge < -0.3 is 5.32 Å². The van der Waals surface area contributed by atoms with Gasteiger partial charge in [0.15, 0.2) is 0 Å². The van der Waals surface area contributed by atoms with Gasteiger partial charge in [0.2, 0.25) is 0 Å². The van der Waals surface area contributed by atoms with Gasteiger partial charge in [0.25, 0.3) is 0 Å². The number of nitrogens with one attached hydrogen (secondary N) is 1. The first-order valence-corrected chi connectivity index (χ1v) is 19.6. The second kappa shape index (κ2) is 14.4. The third-order valence-electron chi connectivity index (χ3n) is 11.4. The molecule has 2 aromatic heterocycles. The van der Waals surface area contributed by atoms with Crippen LogP contribution in [0.3, 0.4) is 0 Å². The molecule has 2 unspecified atom stereocenters. The number of benzene rings is 4. The van der Waals surface area contributed by atoms with Gasteiger partial charge in [-0.25, -0.2) is 4.52 Å². The molecule has 0 saturated heterocycles. The van der Waals surface area contributed by atoms with E-state index < -0.39 is 0 Å². The van der Waals surface area contributed by atoms with Gasteiger partial charge >= 0.3 is 0 Å². The number of nitrogens with zero attached hydrogens (tertiary/aromatic N) is 3. The van der Waals surface area contributed by atoms with Crippen LogP contribution >= 0.6 is 0 Å². The number of aliphatic imine (C=N–C) groups is 1. The molecule has 266 valence electrons. The van der Waals surface area contributed by atoms with Gasteiger partial charge in [-0.15, -0.1) is 0 Å².